The summed E-state index contributed by atoms with van der Waals surface area (Å²) in [7, 11) is -7.61. The van der Waals surface area contributed by atoms with Crippen molar-refractivity contribution in [2.24, 2.45) is 0 Å². The van der Waals surface area contributed by atoms with Gasteiger partial charge in [0.15, 0.2) is 5.82 Å². The molecule has 174 valence electrons. The zero-order valence-corrected chi connectivity index (χ0v) is 19.3. The number of anilines is 1. The molecule has 2 aromatic carbocycles. The maximum atomic E-state index is 12.9. The number of fused-ring (bicyclic) bond motifs is 1. The summed E-state index contributed by atoms with van der Waals surface area (Å²) < 4.78 is 62.5. The Morgan fingerprint density at radius 3 is 2.36 bits per heavy atom. The van der Waals surface area contributed by atoms with E-state index in [2.05, 4.69) is 14.9 Å². The van der Waals surface area contributed by atoms with Crippen LogP contribution in [0.25, 0.3) is 11.4 Å². The third-order valence-corrected chi connectivity index (χ3v) is 9.03. The summed E-state index contributed by atoms with van der Waals surface area (Å²) in [6.07, 6.45) is 1.90. The van der Waals surface area contributed by atoms with E-state index in [1.807, 2.05) is 10.6 Å². The zero-order valence-electron chi connectivity index (χ0n) is 17.7. The third-order valence-electron chi connectivity index (χ3n) is 5.72. The van der Waals surface area contributed by atoms with Crippen molar-refractivity contribution < 1.29 is 21.6 Å². The van der Waals surface area contributed by atoms with Gasteiger partial charge in [-0.05, 0) is 42.8 Å². The Bertz CT molecular complexity index is 1380. The second kappa shape index (κ2) is 8.52. The molecular formula is C21H23N5O5S2. The van der Waals surface area contributed by atoms with Gasteiger partial charge in [0.05, 0.1) is 23.0 Å². The molecule has 1 N–H and O–H groups in total. The van der Waals surface area contributed by atoms with Crippen LogP contribution >= 0.6 is 0 Å². The first-order chi connectivity index (χ1) is 15.8. The average Bonchev–Trinajstić information content (AvgIpc) is 3.44. The quantitative estimate of drug-likeness (QED) is 0.559. The summed E-state index contributed by atoms with van der Waals surface area (Å²) in [6.45, 7) is 2.07. The highest BCUT2D eigenvalue weighted by Crippen LogP contribution is 2.27. The molecule has 33 heavy (non-hydrogen) atoms. The predicted octanol–water partition coefficient (Wildman–Crippen LogP) is 1.71. The molecule has 0 atom stereocenters. The number of nitrogens with one attached hydrogen (secondary N) is 1. The second-order valence-electron chi connectivity index (χ2n) is 7.87. The van der Waals surface area contributed by atoms with Crippen molar-refractivity contribution in [3.8, 4) is 11.4 Å². The van der Waals surface area contributed by atoms with Crippen molar-refractivity contribution in [3.63, 3.8) is 0 Å². The molecule has 2 aliphatic heterocycles. The molecule has 0 bridgehead atoms. The number of hydrogen-bond donors (Lipinski definition) is 1. The summed E-state index contributed by atoms with van der Waals surface area (Å²) in [5.74, 6) is 1.64. The molecule has 3 heterocycles. The number of aromatic nitrogens is 3. The van der Waals surface area contributed by atoms with Gasteiger partial charge in [0, 0.05) is 37.3 Å². The van der Waals surface area contributed by atoms with Gasteiger partial charge in [0.25, 0.3) is 10.0 Å². The highest BCUT2D eigenvalue weighted by Gasteiger charge is 2.27. The van der Waals surface area contributed by atoms with Gasteiger partial charge >= 0.3 is 0 Å². The van der Waals surface area contributed by atoms with Crippen molar-refractivity contribution in [2.75, 3.05) is 31.0 Å². The highest BCUT2D eigenvalue weighted by molar-refractivity contribution is 7.92. The van der Waals surface area contributed by atoms with E-state index in [4.69, 9.17) is 4.74 Å². The van der Waals surface area contributed by atoms with E-state index in [1.54, 1.807) is 18.2 Å². The maximum Gasteiger partial charge on any atom is 0.261 e. The minimum atomic E-state index is -3.92. The molecule has 1 aromatic heterocycles. The Morgan fingerprint density at radius 2 is 1.61 bits per heavy atom. The van der Waals surface area contributed by atoms with E-state index in [0.717, 1.165) is 30.8 Å². The monoisotopic (exact) mass is 489 g/mol. The lowest BCUT2D eigenvalue weighted by atomic mass is 10.2. The third kappa shape index (κ3) is 4.26. The SMILES string of the molecule is O=S(=O)(Nc1cccc(-c2nnc3n2CCC3)c1)c1ccc(S(=O)(=O)N2CCOCC2)cc1. The molecule has 1 fully saturated rings. The van der Waals surface area contributed by atoms with Crippen LogP contribution in [-0.2, 0) is 37.7 Å². The Morgan fingerprint density at radius 1 is 0.879 bits per heavy atom. The Kier molecular flexibility index (Phi) is 5.69. The van der Waals surface area contributed by atoms with E-state index < -0.39 is 20.0 Å². The smallest absolute Gasteiger partial charge is 0.261 e. The standard InChI is InChI=1S/C21H23N5O5S2/c27-32(28,18-6-8-19(9-7-18)33(29,30)25-11-13-31-14-12-25)24-17-4-1-3-16(15-17)21-23-22-20-5-2-10-26(20)21/h1,3-4,6-9,15,24H,2,5,10-14H2. The van der Waals surface area contributed by atoms with E-state index in [1.165, 1.54) is 28.6 Å². The molecular weight excluding hydrogens is 466 g/mol. The van der Waals surface area contributed by atoms with E-state index >= 15 is 0 Å². The second-order valence-corrected chi connectivity index (χ2v) is 11.5. The predicted molar refractivity (Wildman–Crippen MR) is 121 cm³/mol. The van der Waals surface area contributed by atoms with E-state index in [0.29, 0.717) is 24.7 Å². The van der Waals surface area contributed by atoms with Crippen LogP contribution in [0.1, 0.15) is 12.2 Å². The first kappa shape index (κ1) is 22.0. The molecule has 0 amide bonds. The maximum absolute atomic E-state index is 12.9. The summed E-state index contributed by atoms with van der Waals surface area (Å²) in [5, 5.41) is 8.44. The van der Waals surface area contributed by atoms with Crippen LogP contribution in [0.4, 0.5) is 5.69 Å². The van der Waals surface area contributed by atoms with Crippen LogP contribution in [0.15, 0.2) is 58.3 Å². The van der Waals surface area contributed by atoms with E-state index in [9.17, 15) is 16.8 Å². The minimum Gasteiger partial charge on any atom is -0.379 e. The van der Waals surface area contributed by atoms with Gasteiger partial charge in [0.2, 0.25) is 10.0 Å². The van der Waals surface area contributed by atoms with Crippen molar-refractivity contribution in [3.05, 3.63) is 54.4 Å². The van der Waals surface area contributed by atoms with Crippen LogP contribution in [-0.4, -0.2) is 62.2 Å². The van der Waals surface area contributed by atoms with Crippen LogP contribution in [0.2, 0.25) is 0 Å². The van der Waals surface area contributed by atoms with Crippen molar-refractivity contribution >= 4 is 25.7 Å². The summed E-state index contributed by atoms with van der Waals surface area (Å²) >= 11 is 0. The number of sulfonamides is 2. The largest absolute Gasteiger partial charge is 0.379 e. The lowest BCUT2D eigenvalue weighted by Gasteiger charge is -2.26. The van der Waals surface area contributed by atoms with Gasteiger partial charge in [-0.1, -0.05) is 12.1 Å². The van der Waals surface area contributed by atoms with Crippen LogP contribution in [0.5, 0.6) is 0 Å². The Labute approximate surface area is 192 Å². The van der Waals surface area contributed by atoms with Crippen LogP contribution in [0, 0.1) is 0 Å². The fraction of sp³-hybridized carbons (Fsp3) is 0.333. The first-order valence-electron chi connectivity index (χ1n) is 10.6. The van der Waals surface area contributed by atoms with Crippen molar-refractivity contribution in [2.45, 2.75) is 29.2 Å². The number of nitrogens with zero attached hydrogens (tertiary/aromatic N) is 4. The summed E-state index contributed by atoms with van der Waals surface area (Å²) in [4.78, 5) is 0.0169. The number of morpholine rings is 1. The first-order valence-corrected chi connectivity index (χ1v) is 13.5. The molecule has 0 saturated carbocycles. The Hall–Kier alpha value is -2.80. The van der Waals surface area contributed by atoms with Crippen LogP contribution in [0.3, 0.4) is 0 Å². The average molecular weight is 490 g/mol. The number of hydrogen-bond acceptors (Lipinski definition) is 7. The van der Waals surface area contributed by atoms with E-state index in [-0.39, 0.29) is 22.9 Å². The molecule has 1 saturated heterocycles. The van der Waals surface area contributed by atoms with Gasteiger partial charge in [-0.2, -0.15) is 4.31 Å². The molecule has 0 radical (unpaired) electrons. The lowest BCUT2D eigenvalue weighted by Crippen LogP contribution is -2.40. The molecule has 2 aliphatic rings. The molecule has 5 rings (SSSR count). The van der Waals surface area contributed by atoms with Crippen molar-refractivity contribution in [1.82, 2.24) is 19.1 Å². The van der Waals surface area contributed by atoms with Gasteiger partial charge < -0.3 is 9.30 Å². The zero-order chi connectivity index (χ0) is 23.1. The van der Waals surface area contributed by atoms with Gasteiger partial charge in [-0.25, -0.2) is 16.8 Å². The van der Waals surface area contributed by atoms with Gasteiger partial charge in [0.1, 0.15) is 5.82 Å². The molecule has 0 aliphatic carbocycles. The molecule has 3 aromatic rings. The highest BCUT2D eigenvalue weighted by atomic mass is 32.2. The fourth-order valence-electron chi connectivity index (χ4n) is 4.03. The molecule has 10 nitrogen and oxygen atoms in total. The topological polar surface area (TPSA) is 123 Å². The normalized spacial score (nSPS) is 17.1. The van der Waals surface area contributed by atoms with Gasteiger partial charge in [-0.3, -0.25) is 4.72 Å². The minimum absolute atomic E-state index is 0.0304. The van der Waals surface area contributed by atoms with Crippen LogP contribution < -0.4 is 4.72 Å². The lowest BCUT2D eigenvalue weighted by molar-refractivity contribution is 0.0730. The number of benzene rings is 2. The number of aryl methyl sites for hydroxylation is 1. The summed E-state index contributed by atoms with van der Waals surface area (Å²) in [5.41, 5.74) is 1.15. The molecule has 12 heteroatoms. The summed E-state index contributed by atoms with van der Waals surface area (Å²) in [6, 6.07) is 12.2. The Balaban J connectivity index is 1.36. The molecule has 0 unspecified atom stereocenters. The molecule has 0 spiro atoms. The number of rotatable bonds is 6. The number of ether oxygens (including phenoxy) is 1. The van der Waals surface area contributed by atoms with Crippen molar-refractivity contribution in [1.29, 1.82) is 0 Å². The van der Waals surface area contributed by atoms with Gasteiger partial charge in [-0.15, -0.1) is 10.2 Å². The fourth-order valence-corrected chi connectivity index (χ4v) is 6.48.